The Hall–Kier alpha value is -2.61. The maximum absolute atomic E-state index is 10.6. The first kappa shape index (κ1) is 19.4. The van der Waals surface area contributed by atoms with E-state index < -0.39 is 0 Å². The van der Waals surface area contributed by atoms with E-state index >= 15 is 0 Å². The Kier molecular flexibility index (Phi) is 7.70. The molecule has 0 aliphatic heterocycles. The molecular formula is C22H26O2. The lowest BCUT2D eigenvalue weighted by Gasteiger charge is -2.21. The first-order valence-corrected chi connectivity index (χ1v) is 7.93. The van der Waals surface area contributed by atoms with Gasteiger partial charge >= 0.3 is 5.97 Å². The minimum atomic E-state index is -0.390. The molecule has 0 aliphatic carbocycles. The van der Waals surface area contributed by atoms with Crippen molar-refractivity contribution in [2.24, 2.45) is 0 Å². The second-order valence-corrected chi connectivity index (χ2v) is 6.34. The molecule has 0 radical (unpaired) electrons. The zero-order valence-electron chi connectivity index (χ0n) is 14.8. The van der Waals surface area contributed by atoms with Crippen molar-refractivity contribution in [3.05, 3.63) is 90.5 Å². The van der Waals surface area contributed by atoms with Crippen molar-refractivity contribution >= 4 is 12.0 Å². The molecule has 2 rings (SSSR count). The molecule has 0 fully saturated rings. The van der Waals surface area contributed by atoms with E-state index in [0.29, 0.717) is 6.61 Å². The number of carbonyl (C=O) groups is 1. The van der Waals surface area contributed by atoms with Gasteiger partial charge in [0.05, 0.1) is 0 Å². The zero-order chi connectivity index (χ0) is 18.0. The molecule has 126 valence electrons. The van der Waals surface area contributed by atoms with Crippen molar-refractivity contribution in [3.63, 3.8) is 0 Å². The Morgan fingerprint density at radius 1 is 1.00 bits per heavy atom. The summed E-state index contributed by atoms with van der Waals surface area (Å²) < 4.78 is 4.82. The predicted octanol–water partition coefficient (Wildman–Crippen LogP) is 5.54. The molecule has 24 heavy (non-hydrogen) atoms. The summed E-state index contributed by atoms with van der Waals surface area (Å²) in [5.41, 5.74) is 3.79. The number of benzene rings is 2. The summed E-state index contributed by atoms with van der Waals surface area (Å²) in [5.74, 6) is -0.390. The van der Waals surface area contributed by atoms with Gasteiger partial charge in [0.15, 0.2) is 0 Å². The molecule has 0 amide bonds. The van der Waals surface area contributed by atoms with Gasteiger partial charge < -0.3 is 4.74 Å². The average Bonchev–Trinajstić information content (AvgIpc) is 2.60. The van der Waals surface area contributed by atoms with Gasteiger partial charge in [0, 0.05) is 6.08 Å². The summed E-state index contributed by atoms with van der Waals surface area (Å²) >= 11 is 0. The third-order valence-electron chi connectivity index (χ3n) is 3.38. The van der Waals surface area contributed by atoms with Crippen LogP contribution in [0, 0.1) is 0 Å². The third kappa shape index (κ3) is 6.66. The largest absolute Gasteiger partial charge is 0.458 e. The molecule has 2 nitrogen and oxygen atoms in total. The molecule has 2 aromatic rings. The Morgan fingerprint density at radius 2 is 1.58 bits per heavy atom. The molecule has 2 heteroatoms. The zero-order valence-corrected chi connectivity index (χ0v) is 14.8. The number of esters is 1. The van der Waals surface area contributed by atoms with Crippen LogP contribution in [-0.4, -0.2) is 5.97 Å². The van der Waals surface area contributed by atoms with Gasteiger partial charge in [-0.3, -0.25) is 0 Å². The maximum atomic E-state index is 10.6. The number of hydrogen-bond acceptors (Lipinski definition) is 2. The van der Waals surface area contributed by atoms with Crippen LogP contribution < -0.4 is 0 Å². The summed E-state index contributed by atoms with van der Waals surface area (Å²) in [4.78, 5) is 10.6. The molecule has 0 unspecified atom stereocenters. The fourth-order valence-electron chi connectivity index (χ4n) is 2.15. The number of hydrogen-bond donors (Lipinski definition) is 0. The summed E-state index contributed by atoms with van der Waals surface area (Å²) in [6.07, 6.45) is 3.07. The van der Waals surface area contributed by atoms with Gasteiger partial charge in [0.1, 0.15) is 6.61 Å². The second kappa shape index (κ2) is 9.51. The minimum absolute atomic E-state index is 0.213. The molecule has 0 spiro atoms. The highest BCUT2D eigenvalue weighted by atomic mass is 16.5. The van der Waals surface area contributed by atoms with Crippen molar-refractivity contribution in [2.45, 2.75) is 32.8 Å². The van der Waals surface area contributed by atoms with E-state index in [1.807, 2.05) is 42.5 Å². The molecule has 2 aromatic carbocycles. The molecule has 0 bridgehead atoms. The topological polar surface area (TPSA) is 26.3 Å². The van der Waals surface area contributed by atoms with Crippen LogP contribution >= 0.6 is 0 Å². The van der Waals surface area contributed by atoms with Crippen LogP contribution in [0.3, 0.4) is 0 Å². The fraction of sp³-hybridized carbons (Fsp3) is 0.227. The van der Waals surface area contributed by atoms with Gasteiger partial charge in [-0.25, -0.2) is 4.79 Å². The van der Waals surface area contributed by atoms with Crippen molar-refractivity contribution in [2.75, 3.05) is 0 Å². The lowest BCUT2D eigenvalue weighted by atomic mass is 9.84. The van der Waals surface area contributed by atoms with Crippen LogP contribution in [0.4, 0.5) is 0 Å². The quantitative estimate of drug-likeness (QED) is 0.545. The van der Waals surface area contributed by atoms with Crippen LogP contribution in [0.2, 0.25) is 0 Å². The van der Waals surface area contributed by atoms with E-state index in [2.05, 4.69) is 52.1 Å². The third-order valence-corrected chi connectivity index (χ3v) is 3.38. The molecule has 0 saturated carbocycles. The van der Waals surface area contributed by atoms with Gasteiger partial charge in [0.2, 0.25) is 0 Å². The molecule has 0 heterocycles. The highest BCUT2D eigenvalue weighted by Crippen LogP contribution is 2.25. The smallest absolute Gasteiger partial charge is 0.330 e. The number of carbonyl (C=O) groups excluding carboxylic acids is 1. The monoisotopic (exact) mass is 322 g/mol. The van der Waals surface area contributed by atoms with Gasteiger partial charge in [-0.05, 0) is 22.1 Å². The molecule has 0 saturated heterocycles. The van der Waals surface area contributed by atoms with Crippen molar-refractivity contribution in [3.8, 4) is 0 Å². The fourth-order valence-corrected chi connectivity index (χ4v) is 2.15. The van der Waals surface area contributed by atoms with E-state index in [1.165, 1.54) is 11.1 Å². The number of rotatable bonds is 4. The van der Waals surface area contributed by atoms with Crippen LogP contribution in [0.1, 0.15) is 37.5 Å². The van der Waals surface area contributed by atoms with E-state index in [1.54, 1.807) is 0 Å². The summed E-state index contributed by atoms with van der Waals surface area (Å²) in [7, 11) is 0. The van der Waals surface area contributed by atoms with Crippen LogP contribution in [0.15, 0.2) is 73.8 Å². The van der Waals surface area contributed by atoms with E-state index in [4.69, 9.17) is 4.74 Å². The molecule has 0 aromatic heterocycles. The second-order valence-electron chi connectivity index (χ2n) is 6.34. The predicted molar refractivity (Wildman–Crippen MR) is 102 cm³/mol. The van der Waals surface area contributed by atoms with Crippen molar-refractivity contribution in [1.82, 2.24) is 0 Å². The summed E-state index contributed by atoms with van der Waals surface area (Å²) in [5, 5.41) is 0. The molecule has 0 aliphatic rings. The van der Waals surface area contributed by atoms with Gasteiger partial charge in [0.25, 0.3) is 0 Å². The average molecular weight is 322 g/mol. The standard InChI is InChI=1S/C12H16.C10H10O2/c1-5-10-8-6-7-9-11(10)12(2,3)4;1-2-10(11)12-8-9-6-4-3-5-7-9/h5-9H,1H2,2-4H3;2-7H,1,8H2. The van der Waals surface area contributed by atoms with E-state index in [9.17, 15) is 4.79 Å². The first-order chi connectivity index (χ1) is 11.4. The van der Waals surface area contributed by atoms with Gasteiger partial charge in [-0.15, -0.1) is 0 Å². The summed E-state index contributed by atoms with van der Waals surface area (Å²) in [6, 6.07) is 17.9. The highest BCUT2D eigenvalue weighted by Gasteiger charge is 2.15. The molecule has 0 atom stereocenters. The van der Waals surface area contributed by atoms with Crippen LogP contribution in [0.25, 0.3) is 6.08 Å². The molecule has 0 N–H and O–H groups in total. The minimum Gasteiger partial charge on any atom is -0.458 e. The normalized spacial score (nSPS) is 10.1. The summed E-state index contributed by atoms with van der Waals surface area (Å²) in [6.45, 7) is 14.1. The van der Waals surface area contributed by atoms with Crippen molar-refractivity contribution in [1.29, 1.82) is 0 Å². The van der Waals surface area contributed by atoms with E-state index in [-0.39, 0.29) is 11.4 Å². The Labute approximate surface area is 145 Å². The van der Waals surface area contributed by atoms with Crippen LogP contribution in [-0.2, 0) is 21.6 Å². The highest BCUT2D eigenvalue weighted by molar-refractivity contribution is 5.81. The Morgan fingerprint density at radius 3 is 2.08 bits per heavy atom. The van der Waals surface area contributed by atoms with Gasteiger partial charge in [-0.1, -0.05) is 94.6 Å². The first-order valence-electron chi connectivity index (χ1n) is 7.93. The lowest BCUT2D eigenvalue weighted by molar-refractivity contribution is -0.138. The maximum Gasteiger partial charge on any atom is 0.330 e. The Bertz CT molecular complexity index is 664. The van der Waals surface area contributed by atoms with Gasteiger partial charge in [-0.2, -0.15) is 0 Å². The van der Waals surface area contributed by atoms with Crippen LogP contribution in [0.5, 0.6) is 0 Å². The van der Waals surface area contributed by atoms with Crippen molar-refractivity contribution < 1.29 is 9.53 Å². The SMILES string of the molecule is C=CC(=O)OCc1ccccc1.C=Cc1ccccc1C(C)(C)C. The lowest BCUT2D eigenvalue weighted by Crippen LogP contribution is -2.12. The van der Waals surface area contributed by atoms with E-state index in [0.717, 1.165) is 11.6 Å². The Balaban J connectivity index is 0.000000240. The number of ether oxygens (including phenoxy) is 1. The molecular weight excluding hydrogens is 296 g/mol.